The minimum Gasteiger partial charge on any atom is -0.361 e. The molecule has 0 radical (unpaired) electrons. The van der Waals surface area contributed by atoms with Crippen molar-refractivity contribution in [2.24, 2.45) is 0 Å². The Labute approximate surface area is 107 Å². The lowest BCUT2D eigenvalue weighted by Gasteiger charge is -2.04. The van der Waals surface area contributed by atoms with Gasteiger partial charge >= 0.3 is 0 Å². The highest BCUT2D eigenvalue weighted by molar-refractivity contribution is 6.05. The molecular weight excluding hydrogens is 244 g/mol. The van der Waals surface area contributed by atoms with E-state index in [0.717, 1.165) is 10.9 Å². The molecule has 0 saturated carbocycles. The maximum atomic E-state index is 12.1. The van der Waals surface area contributed by atoms with E-state index >= 15 is 0 Å². The van der Waals surface area contributed by atoms with Gasteiger partial charge in [-0.15, -0.1) is 0 Å². The molecule has 2 heterocycles. The topological polar surface area (TPSA) is 90.6 Å². The first-order chi connectivity index (χ1) is 9.19. The zero-order valence-corrected chi connectivity index (χ0v) is 10.3. The number of amides is 1. The zero-order chi connectivity index (χ0) is 13.4. The molecule has 0 atom stereocenters. The molecule has 0 aliphatic carbocycles. The largest absolute Gasteiger partial charge is 0.361 e. The maximum absolute atomic E-state index is 12.1. The van der Waals surface area contributed by atoms with Crippen LogP contribution in [0.4, 0.5) is 5.95 Å². The number of aromatic nitrogens is 3. The SMILES string of the molecule is CCC(=O)Nc1nc2ccc3[nH]ccc3c2c(=O)[nH]1. The second-order valence-corrected chi connectivity index (χ2v) is 4.21. The molecule has 0 saturated heterocycles. The average molecular weight is 256 g/mol. The number of nitrogens with zero attached hydrogens (tertiary/aromatic N) is 1. The third kappa shape index (κ3) is 1.87. The van der Waals surface area contributed by atoms with Gasteiger partial charge in [-0.1, -0.05) is 6.92 Å². The fourth-order valence-corrected chi connectivity index (χ4v) is 2.05. The summed E-state index contributed by atoms with van der Waals surface area (Å²) in [6, 6.07) is 5.44. The summed E-state index contributed by atoms with van der Waals surface area (Å²) in [5.74, 6) is -0.00976. The van der Waals surface area contributed by atoms with E-state index in [-0.39, 0.29) is 17.4 Å². The van der Waals surface area contributed by atoms with Gasteiger partial charge < -0.3 is 4.98 Å². The van der Waals surface area contributed by atoms with Gasteiger partial charge in [0.25, 0.3) is 5.56 Å². The monoisotopic (exact) mass is 256 g/mol. The van der Waals surface area contributed by atoms with Gasteiger partial charge in [-0.25, -0.2) is 4.98 Å². The number of nitrogens with one attached hydrogen (secondary N) is 3. The third-order valence-electron chi connectivity index (χ3n) is 2.98. The second-order valence-electron chi connectivity index (χ2n) is 4.21. The quantitative estimate of drug-likeness (QED) is 0.652. The van der Waals surface area contributed by atoms with E-state index in [1.165, 1.54) is 0 Å². The van der Waals surface area contributed by atoms with Gasteiger partial charge in [0.15, 0.2) is 0 Å². The van der Waals surface area contributed by atoms with E-state index < -0.39 is 0 Å². The van der Waals surface area contributed by atoms with Crippen LogP contribution in [0.3, 0.4) is 0 Å². The van der Waals surface area contributed by atoms with Gasteiger partial charge in [0.2, 0.25) is 11.9 Å². The van der Waals surface area contributed by atoms with Crippen LogP contribution >= 0.6 is 0 Å². The van der Waals surface area contributed by atoms with Crippen molar-refractivity contribution in [2.75, 3.05) is 5.32 Å². The van der Waals surface area contributed by atoms with Crippen LogP contribution in [-0.4, -0.2) is 20.9 Å². The fraction of sp³-hybridized carbons (Fsp3) is 0.154. The molecule has 6 heteroatoms. The molecule has 1 aromatic carbocycles. The summed E-state index contributed by atoms with van der Waals surface area (Å²) in [5, 5.41) is 3.89. The molecule has 0 fully saturated rings. The highest BCUT2D eigenvalue weighted by Gasteiger charge is 2.09. The van der Waals surface area contributed by atoms with Crippen LogP contribution in [0.15, 0.2) is 29.2 Å². The van der Waals surface area contributed by atoms with E-state index in [0.29, 0.717) is 17.3 Å². The van der Waals surface area contributed by atoms with Gasteiger partial charge in [-0.05, 0) is 18.2 Å². The summed E-state index contributed by atoms with van der Waals surface area (Å²) in [6.07, 6.45) is 2.11. The lowest BCUT2D eigenvalue weighted by Crippen LogP contribution is -2.17. The maximum Gasteiger partial charge on any atom is 0.260 e. The third-order valence-corrected chi connectivity index (χ3v) is 2.98. The van der Waals surface area contributed by atoms with Crippen molar-refractivity contribution < 1.29 is 4.79 Å². The summed E-state index contributed by atoms with van der Waals surface area (Å²) in [4.78, 5) is 33.3. The predicted octanol–water partition coefficient (Wildman–Crippen LogP) is 1.75. The number of aromatic amines is 2. The molecule has 3 N–H and O–H groups in total. The van der Waals surface area contributed by atoms with Crippen LogP contribution in [0.25, 0.3) is 21.8 Å². The van der Waals surface area contributed by atoms with Crippen molar-refractivity contribution in [3.63, 3.8) is 0 Å². The molecule has 0 aliphatic rings. The second kappa shape index (κ2) is 4.24. The van der Waals surface area contributed by atoms with Crippen molar-refractivity contribution in [1.82, 2.24) is 15.0 Å². The number of rotatable bonds is 2. The number of hydrogen-bond donors (Lipinski definition) is 3. The van der Waals surface area contributed by atoms with Crippen molar-refractivity contribution >= 4 is 33.7 Å². The summed E-state index contributed by atoms with van der Waals surface area (Å²) in [7, 11) is 0. The Kier molecular flexibility index (Phi) is 2.56. The van der Waals surface area contributed by atoms with Gasteiger partial charge in [0.1, 0.15) is 0 Å². The molecule has 0 unspecified atom stereocenters. The molecule has 96 valence electrons. The highest BCUT2D eigenvalue weighted by Crippen LogP contribution is 2.20. The molecule has 1 amide bonds. The zero-order valence-electron chi connectivity index (χ0n) is 10.3. The van der Waals surface area contributed by atoms with Gasteiger partial charge in [-0.2, -0.15) is 0 Å². The standard InChI is InChI=1S/C13H12N4O2/c1-2-10(18)16-13-15-9-4-3-8-7(5-6-14-8)11(9)12(19)17-13/h3-6,14H,2H2,1H3,(H2,15,16,17,18,19). The normalized spacial score (nSPS) is 11.0. The molecule has 3 rings (SSSR count). The Morgan fingerprint density at radius 2 is 2.21 bits per heavy atom. The lowest BCUT2D eigenvalue weighted by molar-refractivity contribution is -0.115. The van der Waals surface area contributed by atoms with Crippen LogP contribution < -0.4 is 10.9 Å². The Hall–Kier alpha value is -2.63. The molecule has 0 bridgehead atoms. The minimum absolute atomic E-state index is 0.180. The van der Waals surface area contributed by atoms with Crippen molar-refractivity contribution in [3.8, 4) is 0 Å². The Bertz CT molecular complexity index is 831. The predicted molar refractivity (Wildman–Crippen MR) is 73.1 cm³/mol. The van der Waals surface area contributed by atoms with E-state index in [9.17, 15) is 9.59 Å². The molecule has 0 spiro atoms. The highest BCUT2D eigenvalue weighted by atomic mass is 16.2. The molecule has 19 heavy (non-hydrogen) atoms. The van der Waals surface area contributed by atoms with E-state index in [4.69, 9.17) is 0 Å². The molecule has 3 aromatic rings. The van der Waals surface area contributed by atoms with Crippen LogP contribution in [0.5, 0.6) is 0 Å². The van der Waals surface area contributed by atoms with Crippen LogP contribution in [0, 0.1) is 0 Å². The number of hydrogen-bond acceptors (Lipinski definition) is 3. The summed E-state index contributed by atoms with van der Waals surface area (Å²) in [5.41, 5.74) is 1.17. The van der Waals surface area contributed by atoms with Crippen LogP contribution in [-0.2, 0) is 4.79 Å². The number of carbonyl (C=O) groups excluding carboxylic acids is 1. The van der Waals surface area contributed by atoms with E-state index in [1.54, 1.807) is 19.2 Å². The van der Waals surface area contributed by atoms with Gasteiger partial charge in [-0.3, -0.25) is 19.9 Å². The first kappa shape index (κ1) is 11.5. The van der Waals surface area contributed by atoms with Crippen LogP contribution in [0.1, 0.15) is 13.3 Å². The number of anilines is 1. The number of fused-ring (bicyclic) bond motifs is 3. The molecule has 0 aliphatic heterocycles. The first-order valence-electron chi connectivity index (χ1n) is 5.99. The Morgan fingerprint density at radius 1 is 1.37 bits per heavy atom. The van der Waals surface area contributed by atoms with Crippen molar-refractivity contribution in [3.05, 3.63) is 34.7 Å². The Balaban J connectivity index is 2.24. The van der Waals surface area contributed by atoms with E-state index in [1.807, 2.05) is 12.1 Å². The molecular formula is C13H12N4O2. The van der Waals surface area contributed by atoms with Crippen molar-refractivity contribution in [2.45, 2.75) is 13.3 Å². The molecule has 2 aromatic heterocycles. The number of benzene rings is 1. The summed E-state index contributed by atoms with van der Waals surface area (Å²) in [6.45, 7) is 1.73. The van der Waals surface area contributed by atoms with Gasteiger partial charge in [0.05, 0.1) is 10.9 Å². The smallest absolute Gasteiger partial charge is 0.260 e. The number of carbonyl (C=O) groups is 1. The van der Waals surface area contributed by atoms with Crippen LogP contribution in [0.2, 0.25) is 0 Å². The summed E-state index contributed by atoms with van der Waals surface area (Å²) >= 11 is 0. The van der Waals surface area contributed by atoms with E-state index in [2.05, 4.69) is 20.3 Å². The number of H-pyrrole nitrogens is 2. The van der Waals surface area contributed by atoms with Gasteiger partial charge in [0, 0.05) is 23.5 Å². The first-order valence-corrected chi connectivity index (χ1v) is 5.99. The Morgan fingerprint density at radius 3 is 3.00 bits per heavy atom. The summed E-state index contributed by atoms with van der Waals surface area (Å²) < 4.78 is 0. The fourth-order valence-electron chi connectivity index (χ4n) is 2.05. The molecule has 6 nitrogen and oxygen atoms in total. The lowest BCUT2D eigenvalue weighted by atomic mass is 10.1. The average Bonchev–Trinajstić information content (AvgIpc) is 2.86. The van der Waals surface area contributed by atoms with Crippen molar-refractivity contribution in [1.29, 1.82) is 0 Å². The minimum atomic E-state index is -0.262.